The molecule has 0 amide bonds. The largest absolute Gasteiger partial charge is 0.289 e. The maximum atomic E-state index is 12.4. The summed E-state index contributed by atoms with van der Waals surface area (Å²) in [5.41, 5.74) is 2.22. The summed E-state index contributed by atoms with van der Waals surface area (Å²) < 4.78 is 0. The molecular formula is C15H8Cl2N2O. The number of nitriles is 1. The summed E-state index contributed by atoms with van der Waals surface area (Å²) in [7, 11) is 0. The van der Waals surface area contributed by atoms with E-state index in [1.807, 2.05) is 6.07 Å². The molecule has 0 heterocycles. The van der Waals surface area contributed by atoms with E-state index >= 15 is 0 Å². The average molecular weight is 303 g/mol. The Labute approximate surface area is 126 Å². The van der Waals surface area contributed by atoms with Gasteiger partial charge < -0.3 is 0 Å². The molecule has 1 aliphatic rings. The molecule has 0 saturated carbocycles. The van der Waals surface area contributed by atoms with Crippen LogP contribution in [-0.2, 0) is 0 Å². The van der Waals surface area contributed by atoms with Gasteiger partial charge >= 0.3 is 0 Å². The molecule has 0 fully saturated rings. The summed E-state index contributed by atoms with van der Waals surface area (Å²) in [6.07, 6.45) is 0. The van der Waals surface area contributed by atoms with Gasteiger partial charge in [0.15, 0.2) is 5.78 Å². The lowest BCUT2D eigenvalue weighted by Gasteiger charge is -2.04. The van der Waals surface area contributed by atoms with E-state index in [1.54, 1.807) is 13.8 Å². The normalized spacial score (nSPS) is 15.5. The maximum absolute atomic E-state index is 12.4. The van der Waals surface area contributed by atoms with Gasteiger partial charge in [-0.1, -0.05) is 28.8 Å². The molecule has 0 radical (unpaired) electrons. The number of hydrogen-bond donors (Lipinski definition) is 0. The SMILES string of the molecule is [C-]#[N+]/C(C#N)=C1\C(=C(C)C)C(=O)c2cc(Cl)c(Cl)cc21. The first-order valence-electron chi connectivity index (χ1n) is 5.66. The molecule has 0 bridgehead atoms. The number of halogens is 2. The van der Waals surface area contributed by atoms with E-state index in [-0.39, 0.29) is 21.5 Å². The van der Waals surface area contributed by atoms with Crippen LogP contribution in [0.25, 0.3) is 10.4 Å². The van der Waals surface area contributed by atoms with Crippen LogP contribution in [0, 0.1) is 17.9 Å². The van der Waals surface area contributed by atoms with E-state index in [0.717, 1.165) is 5.57 Å². The average Bonchev–Trinajstić information content (AvgIpc) is 2.66. The predicted molar refractivity (Wildman–Crippen MR) is 78.3 cm³/mol. The van der Waals surface area contributed by atoms with Crippen LogP contribution in [0.15, 0.2) is 29.0 Å². The summed E-state index contributed by atoms with van der Waals surface area (Å²) in [6, 6.07) is 4.85. The van der Waals surface area contributed by atoms with Gasteiger partial charge in [-0.05, 0) is 31.5 Å². The second-order valence-electron chi connectivity index (χ2n) is 4.46. The van der Waals surface area contributed by atoms with Crippen molar-refractivity contribution in [2.45, 2.75) is 13.8 Å². The Balaban J connectivity index is 2.97. The van der Waals surface area contributed by atoms with Crippen LogP contribution in [-0.4, -0.2) is 5.78 Å². The highest BCUT2D eigenvalue weighted by Gasteiger charge is 2.33. The van der Waals surface area contributed by atoms with Crippen molar-refractivity contribution >= 4 is 34.6 Å². The number of allylic oxidation sites excluding steroid dienone is 4. The van der Waals surface area contributed by atoms with Crippen molar-refractivity contribution in [1.29, 1.82) is 5.26 Å². The number of fused-ring (bicyclic) bond motifs is 1. The monoisotopic (exact) mass is 302 g/mol. The molecule has 0 atom stereocenters. The van der Waals surface area contributed by atoms with Gasteiger partial charge in [0.1, 0.15) is 0 Å². The van der Waals surface area contributed by atoms with Crippen LogP contribution in [0.3, 0.4) is 0 Å². The number of hydrogen-bond acceptors (Lipinski definition) is 2. The topological polar surface area (TPSA) is 45.2 Å². The Morgan fingerprint density at radius 1 is 1.20 bits per heavy atom. The van der Waals surface area contributed by atoms with Gasteiger partial charge in [0, 0.05) is 16.7 Å². The third-order valence-corrected chi connectivity index (χ3v) is 3.73. The minimum absolute atomic E-state index is 0.119. The standard InChI is InChI=1S/C15H8Cl2N2O/c1-7(2)13-14(12(6-18)19-3)8-4-10(16)11(17)5-9(8)15(13)20/h4-5H,1-2H3/b14-12-. The summed E-state index contributed by atoms with van der Waals surface area (Å²) in [4.78, 5) is 15.7. The number of benzene rings is 1. The van der Waals surface area contributed by atoms with Crippen LogP contribution in [0.1, 0.15) is 29.8 Å². The molecule has 0 aromatic heterocycles. The van der Waals surface area contributed by atoms with Crippen LogP contribution in [0.4, 0.5) is 0 Å². The molecule has 2 rings (SSSR count). The van der Waals surface area contributed by atoms with Crippen molar-refractivity contribution in [1.82, 2.24) is 0 Å². The Hall–Kier alpha value is -2.07. The van der Waals surface area contributed by atoms with Gasteiger partial charge in [-0.2, -0.15) is 0 Å². The zero-order valence-corrected chi connectivity index (χ0v) is 12.2. The molecule has 98 valence electrons. The molecular weight excluding hydrogens is 295 g/mol. The molecule has 1 aromatic carbocycles. The fraction of sp³-hybridized carbons (Fsp3) is 0.133. The highest BCUT2D eigenvalue weighted by molar-refractivity contribution is 6.43. The number of ketones is 1. The Morgan fingerprint density at radius 3 is 2.20 bits per heavy atom. The van der Waals surface area contributed by atoms with Crippen molar-refractivity contribution in [3.63, 3.8) is 0 Å². The molecule has 5 heteroatoms. The van der Waals surface area contributed by atoms with E-state index in [1.165, 1.54) is 12.1 Å². The minimum atomic E-state index is -0.232. The first kappa shape index (κ1) is 14.3. The van der Waals surface area contributed by atoms with Gasteiger partial charge in [-0.3, -0.25) is 4.79 Å². The number of rotatable bonds is 0. The number of carbonyl (C=O) groups is 1. The van der Waals surface area contributed by atoms with Gasteiger partial charge in [0.25, 0.3) is 5.70 Å². The third-order valence-electron chi connectivity index (χ3n) is 3.01. The molecule has 3 nitrogen and oxygen atoms in total. The lowest BCUT2D eigenvalue weighted by Crippen LogP contribution is -1.97. The van der Waals surface area contributed by atoms with Gasteiger partial charge in [-0.25, -0.2) is 10.1 Å². The summed E-state index contributed by atoms with van der Waals surface area (Å²) in [5, 5.41) is 9.66. The first-order chi connectivity index (χ1) is 9.42. The molecule has 0 aliphatic heterocycles. The molecule has 1 aliphatic carbocycles. The van der Waals surface area contributed by atoms with Gasteiger partial charge in [0.05, 0.1) is 22.7 Å². The minimum Gasteiger partial charge on any atom is -0.289 e. The van der Waals surface area contributed by atoms with E-state index in [0.29, 0.717) is 22.3 Å². The molecule has 20 heavy (non-hydrogen) atoms. The van der Waals surface area contributed by atoms with Crippen molar-refractivity contribution in [3.8, 4) is 6.07 Å². The Kier molecular flexibility index (Phi) is 3.68. The fourth-order valence-electron chi connectivity index (χ4n) is 2.18. The molecule has 0 N–H and O–H groups in total. The zero-order valence-electron chi connectivity index (χ0n) is 10.7. The van der Waals surface area contributed by atoms with E-state index in [9.17, 15) is 4.79 Å². The number of nitrogens with zero attached hydrogens (tertiary/aromatic N) is 2. The highest BCUT2D eigenvalue weighted by atomic mass is 35.5. The molecule has 0 spiro atoms. The predicted octanol–water partition coefficient (Wildman–Crippen LogP) is 4.68. The van der Waals surface area contributed by atoms with Crippen LogP contribution in [0.2, 0.25) is 10.0 Å². The van der Waals surface area contributed by atoms with Gasteiger partial charge in [0.2, 0.25) is 0 Å². The third kappa shape index (κ3) is 2.02. The fourth-order valence-corrected chi connectivity index (χ4v) is 2.51. The van der Waals surface area contributed by atoms with Crippen molar-refractivity contribution in [3.05, 3.63) is 61.6 Å². The quantitative estimate of drug-likeness (QED) is 0.397. The second kappa shape index (κ2) is 5.13. The number of carbonyl (C=O) groups excluding carboxylic acids is 1. The highest BCUT2D eigenvalue weighted by Crippen LogP contribution is 2.43. The van der Waals surface area contributed by atoms with Crippen LogP contribution >= 0.6 is 23.2 Å². The smallest absolute Gasteiger partial charge is 0.270 e. The van der Waals surface area contributed by atoms with E-state index in [2.05, 4.69) is 4.85 Å². The lowest BCUT2D eigenvalue weighted by atomic mass is 9.99. The lowest BCUT2D eigenvalue weighted by molar-refractivity contribution is 0.104. The van der Waals surface area contributed by atoms with Crippen molar-refractivity contribution in [2.75, 3.05) is 0 Å². The Morgan fingerprint density at radius 2 is 1.75 bits per heavy atom. The molecule has 0 unspecified atom stereocenters. The summed E-state index contributed by atoms with van der Waals surface area (Å²) in [6.45, 7) is 10.6. The molecule has 1 aromatic rings. The Bertz CT molecular complexity index is 769. The second-order valence-corrected chi connectivity index (χ2v) is 5.28. The summed E-state index contributed by atoms with van der Waals surface area (Å²) in [5.74, 6) is -0.232. The first-order valence-corrected chi connectivity index (χ1v) is 6.41. The van der Waals surface area contributed by atoms with E-state index in [4.69, 9.17) is 35.0 Å². The molecule has 0 saturated heterocycles. The summed E-state index contributed by atoms with van der Waals surface area (Å²) >= 11 is 11.9. The maximum Gasteiger partial charge on any atom is 0.270 e. The van der Waals surface area contributed by atoms with Crippen molar-refractivity contribution in [2.24, 2.45) is 0 Å². The van der Waals surface area contributed by atoms with Crippen molar-refractivity contribution < 1.29 is 4.79 Å². The number of Topliss-reactive ketones (excluding diaryl/α,β-unsaturated/α-hetero) is 1. The van der Waals surface area contributed by atoms with Gasteiger partial charge in [-0.15, -0.1) is 0 Å². The van der Waals surface area contributed by atoms with Crippen LogP contribution < -0.4 is 0 Å². The van der Waals surface area contributed by atoms with Crippen LogP contribution in [0.5, 0.6) is 0 Å². The zero-order chi connectivity index (χ0) is 15.0. The van der Waals surface area contributed by atoms with E-state index < -0.39 is 0 Å².